The summed E-state index contributed by atoms with van der Waals surface area (Å²) in [5, 5.41) is 12.1. The van der Waals surface area contributed by atoms with Crippen LogP contribution in [0.25, 0.3) is 33.4 Å². The Morgan fingerprint density at radius 1 is 1.12 bits per heavy atom. The van der Waals surface area contributed by atoms with Gasteiger partial charge in [-0.15, -0.1) is 0 Å². The molecular weight excluding hydrogens is 478 g/mol. The Kier molecular flexibility index (Phi) is 5.42. The topological polar surface area (TPSA) is 138 Å². The first-order valence-corrected chi connectivity index (χ1v) is 12.1. The predicted molar refractivity (Wildman–Crippen MR) is 130 cm³/mol. The van der Waals surface area contributed by atoms with Gasteiger partial charge in [0, 0.05) is 29.8 Å². The quantitative estimate of drug-likeness (QED) is 0.330. The molecule has 0 spiro atoms. The second kappa shape index (κ2) is 8.43. The fourth-order valence-corrected chi connectivity index (χ4v) is 4.93. The number of rotatable bonds is 6. The first-order chi connectivity index (χ1) is 16.3. The van der Waals surface area contributed by atoms with Crippen LogP contribution in [-0.2, 0) is 22.8 Å². The summed E-state index contributed by atoms with van der Waals surface area (Å²) < 4.78 is 29.2. The molecule has 0 aliphatic heterocycles. The standard InChI is InChI=1S/C22H18ClN7O3S/c1-30-8-7-16(28-30)12-34(32,33)29-21-22(31)26-20(19(25-21)13-5-3-2-4-6-13)14-9-15-11-24-27-18(15)17(23)10-14/h2-11H,12H2,1H3,(H,24,27)(H,25,29)(H,26,31). The van der Waals surface area contributed by atoms with Gasteiger partial charge >= 0.3 is 0 Å². The van der Waals surface area contributed by atoms with E-state index >= 15 is 0 Å². The van der Waals surface area contributed by atoms with E-state index in [1.54, 1.807) is 31.6 Å². The average Bonchev–Trinajstić information content (AvgIpc) is 3.44. The van der Waals surface area contributed by atoms with Crippen molar-refractivity contribution in [2.75, 3.05) is 4.72 Å². The van der Waals surface area contributed by atoms with Crippen LogP contribution in [0.1, 0.15) is 5.69 Å². The molecule has 3 heterocycles. The van der Waals surface area contributed by atoms with Crippen LogP contribution < -0.4 is 10.3 Å². The van der Waals surface area contributed by atoms with Gasteiger partial charge < -0.3 is 4.98 Å². The first kappa shape index (κ1) is 21.9. The lowest BCUT2D eigenvalue weighted by Crippen LogP contribution is -2.24. The third-order valence-electron chi connectivity index (χ3n) is 5.11. The second-order valence-corrected chi connectivity index (χ2v) is 9.77. The van der Waals surface area contributed by atoms with Crippen molar-refractivity contribution in [1.82, 2.24) is 29.9 Å². The van der Waals surface area contributed by atoms with E-state index in [1.807, 2.05) is 36.4 Å². The summed E-state index contributed by atoms with van der Waals surface area (Å²) in [6, 6.07) is 14.2. The lowest BCUT2D eigenvalue weighted by Gasteiger charge is -2.13. The van der Waals surface area contributed by atoms with Crippen molar-refractivity contribution >= 4 is 38.3 Å². The Balaban J connectivity index is 1.62. The minimum absolute atomic E-state index is 0.339. The van der Waals surface area contributed by atoms with E-state index in [4.69, 9.17) is 11.6 Å². The number of anilines is 1. The van der Waals surface area contributed by atoms with Crippen molar-refractivity contribution in [3.05, 3.63) is 82.0 Å². The molecular formula is C22H18ClN7O3S. The van der Waals surface area contributed by atoms with E-state index < -0.39 is 21.3 Å². The number of sulfonamides is 1. The largest absolute Gasteiger partial charge is 0.317 e. The summed E-state index contributed by atoms with van der Waals surface area (Å²) >= 11 is 6.41. The smallest absolute Gasteiger partial charge is 0.292 e. The van der Waals surface area contributed by atoms with Crippen LogP contribution in [0, 0.1) is 0 Å². The molecule has 0 bridgehead atoms. The van der Waals surface area contributed by atoms with Gasteiger partial charge in [0.1, 0.15) is 5.75 Å². The fourth-order valence-electron chi connectivity index (χ4n) is 3.61. The summed E-state index contributed by atoms with van der Waals surface area (Å²) in [7, 11) is -2.25. The number of nitrogens with one attached hydrogen (secondary N) is 3. The van der Waals surface area contributed by atoms with Crippen molar-refractivity contribution in [1.29, 1.82) is 0 Å². The maximum Gasteiger partial charge on any atom is 0.292 e. The molecule has 5 aromatic rings. The molecule has 0 unspecified atom stereocenters. The SMILES string of the molecule is Cn1ccc(CS(=O)(=O)Nc2nc(-c3ccccc3)c(-c3cc(Cl)c4[nH]ncc4c3)[nH]c2=O)n1. The van der Waals surface area contributed by atoms with Crippen LogP contribution in [0.15, 0.2) is 65.7 Å². The van der Waals surface area contributed by atoms with Crippen molar-refractivity contribution in [3.8, 4) is 22.5 Å². The van der Waals surface area contributed by atoms with Crippen LogP contribution in [0.5, 0.6) is 0 Å². The molecule has 0 saturated carbocycles. The van der Waals surface area contributed by atoms with Gasteiger partial charge in [0.25, 0.3) is 5.56 Å². The third-order valence-corrected chi connectivity index (χ3v) is 6.59. The van der Waals surface area contributed by atoms with Crippen molar-refractivity contribution in [2.24, 2.45) is 7.05 Å². The van der Waals surface area contributed by atoms with Crippen molar-refractivity contribution in [3.63, 3.8) is 0 Å². The normalized spacial score (nSPS) is 11.7. The highest BCUT2D eigenvalue weighted by Gasteiger charge is 2.20. The molecule has 10 nitrogen and oxygen atoms in total. The Hall–Kier alpha value is -3.96. The summed E-state index contributed by atoms with van der Waals surface area (Å²) in [5.41, 5.74) is 2.38. The number of aromatic nitrogens is 6. The van der Waals surface area contributed by atoms with Gasteiger partial charge in [-0.1, -0.05) is 41.9 Å². The molecule has 5 rings (SSSR count). The van der Waals surface area contributed by atoms with Crippen LogP contribution in [0.2, 0.25) is 5.02 Å². The van der Waals surface area contributed by atoms with E-state index in [2.05, 4.69) is 30.0 Å². The Bertz CT molecular complexity index is 1670. The summed E-state index contributed by atoms with van der Waals surface area (Å²) in [6.45, 7) is 0. The molecule has 0 amide bonds. The number of hydrogen-bond acceptors (Lipinski definition) is 6. The number of aryl methyl sites for hydroxylation is 1. The number of halogens is 1. The minimum Gasteiger partial charge on any atom is -0.317 e. The van der Waals surface area contributed by atoms with Gasteiger partial charge in [-0.05, 0) is 18.2 Å². The molecule has 0 radical (unpaired) electrons. The van der Waals surface area contributed by atoms with Gasteiger partial charge in [-0.25, -0.2) is 13.4 Å². The monoisotopic (exact) mass is 495 g/mol. The molecule has 3 N–H and O–H groups in total. The zero-order valence-electron chi connectivity index (χ0n) is 17.8. The first-order valence-electron chi connectivity index (χ1n) is 10.1. The third kappa shape index (κ3) is 4.30. The molecule has 172 valence electrons. The van der Waals surface area contributed by atoms with Crippen LogP contribution >= 0.6 is 11.6 Å². The van der Waals surface area contributed by atoms with Crippen molar-refractivity contribution < 1.29 is 8.42 Å². The number of fused-ring (bicyclic) bond motifs is 1. The molecule has 12 heteroatoms. The summed E-state index contributed by atoms with van der Waals surface area (Å²) in [5.74, 6) is -0.738. The molecule has 0 aliphatic carbocycles. The lowest BCUT2D eigenvalue weighted by molar-refractivity contribution is 0.599. The minimum atomic E-state index is -3.94. The molecule has 2 aromatic carbocycles. The van der Waals surface area contributed by atoms with Gasteiger partial charge in [0.15, 0.2) is 0 Å². The van der Waals surface area contributed by atoms with E-state index in [0.717, 1.165) is 5.39 Å². The van der Waals surface area contributed by atoms with Gasteiger partial charge in [-0.3, -0.25) is 19.3 Å². The average molecular weight is 496 g/mol. The number of hydrogen-bond donors (Lipinski definition) is 3. The molecule has 34 heavy (non-hydrogen) atoms. The number of nitrogens with zero attached hydrogens (tertiary/aromatic N) is 4. The molecule has 0 atom stereocenters. The molecule has 0 fully saturated rings. The highest BCUT2D eigenvalue weighted by atomic mass is 35.5. The maximum absolute atomic E-state index is 12.9. The van der Waals surface area contributed by atoms with Crippen LogP contribution in [0.3, 0.4) is 0 Å². The van der Waals surface area contributed by atoms with Gasteiger partial charge in [0.2, 0.25) is 15.8 Å². The molecule has 0 aliphatic rings. The highest BCUT2D eigenvalue weighted by Crippen LogP contribution is 2.33. The molecule has 0 saturated heterocycles. The van der Waals surface area contributed by atoms with E-state index in [9.17, 15) is 13.2 Å². The van der Waals surface area contributed by atoms with E-state index in [1.165, 1.54) is 4.68 Å². The molecule has 3 aromatic heterocycles. The Morgan fingerprint density at radius 3 is 2.65 bits per heavy atom. The number of aromatic amines is 2. The van der Waals surface area contributed by atoms with Crippen LogP contribution in [-0.4, -0.2) is 38.4 Å². The fraction of sp³-hybridized carbons (Fsp3) is 0.0909. The zero-order valence-corrected chi connectivity index (χ0v) is 19.4. The lowest BCUT2D eigenvalue weighted by atomic mass is 10.0. The summed E-state index contributed by atoms with van der Waals surface area (Å²) in [6.07, 6.45) is 3.26. The number of H-pyrrole nitrogens is 2. The van der Waals surface area contributed by atoms with E-state index in [0.29, 0.717) is 38.7 Å². The second-order valence-electron chi connectivity index (χ2n) is 7.64. The van der Waals surface area contributed by atoms with Gasteiger partial charge in [-0.2, -0.15) is 10.2 Å². The van der Waals surface area contributed by atoms with Crippen molar-refractivity contribution in [2.45, 2.75) is 5.75 Å². The maximum atomic E-state index is 12.9. The zero-order chi connectivity index (χ0) is 23.9. The summed E-state index contributed by atoms with van der Waals surface area (Å²) in [4.78, 5) is 20.1. The number of benzene rings is 2. The Morgan fingerprint density at radius 2 is 1.91 bits per heavy atom. The van der Waals surface area contributed by atoms with E-state index in [-0.39, 0.29) is 5.82 Å². The van der Waals surface area contributed by atoms with Gasteiger partial charge in [0.05, 0.1) is 33.8 Å². The highest BCUT2D eigenvalue weighted by molar-refractivity contribution is 7.91. The predicted octanol–water partition coefficient (Wildman–Crippen LogP) is 3.31. The Labute approximate surface area is 198 Å². The van der Waals surface area contributed by atoms with Crippen LogP contribution in [0.4, 0.5) is 5.82 Å².